The highest BCUT2D eigenvalue weighted by Crippen LogP contribution is 2.31. The minimum atomic E-state index is -0.713. The summed E-state index contributed by atoms with van der Waals surface area (Å²) in [6, 6.07) is 14.5. The summed E-state index contributed by atoms with van der Waals surface area (Å²) in [6.45, 7) is -0.279. The number of halogens is 1. The van der Waals surface area contributed by atoms with Crippen LogP contribution in [0.4, 0.5) is 5.69 Å². The van der Waals surface area contributed by atoms with Gasteiger partial charge in [0.05, 0.1) is 11.1 Å². The number of nitrogens with one attached hydrogen (secondary N) is 1. The predicted octanol–water partition coefficient (Wildman–Crippen LogP) is 3.64. The van der Waals surface area contributed by atoms with E-state index < -0.39 is 22.3 Å². The molecule has 0 saturated carbocycles. The molecule has 142 valence electrons. The summed E-state index contributed by atoms with van der Waals surface area (Å²) >= 11 is 6.15. The molecule has 3 aromatic carbocycles. The summed E-state index contributed by atoms with van der Waals surface area (Å²) in [5.41, 5.74) is 2.16. The Labute approximate surface area is 164 Å². The average molecular weight is 400 g/mol. The number of phenolic OH excluding ortho intramolecular Hbond substituents is 1. The summed E-state index contributed by atoms with van der Waals surface area (Å²) in [6.07, 6.45) is 1.22. The van der Waals surface area contributed by atoms with Gasteiger partial charge in [-0.05, 0) is 24.3 Å². The summed E-state index contributed by atoms with van der Waals surface area (Å²) in [7, 11) is 0. The van der Waals surface area contributed by atoms with E-state index in [1.165, 1.54) is 18.3 Å². The topological polar surface area (TPSA) is 114 Å². The van der Waals surface area contributed by atoms with Gasteiger partial charge in [-0.25, -0.2) is 5.43 Å². The Bertz CT molecular complexity index is 1080. The number of nitro groups is 1. The van der Waals surface area contributed by atoms with Gasteiger partial charge in [0.1, 0.15) is 5.75 Å². The lowest BCUT2D eigenvalue weighted by molar-refractivity contribution is -0.385. The lowest BCUT2D eigenvalue weighted by atomic mass is 10.1. The van der Waals surface area contributed by atoms with Gasteiger partial charge in [-0.1, -0.05) is 35.9 Å². The maximum atomic E-state index is 11.9. The van der Waals surface area contributed by atoms with Crippen LogP contribution in [0.25, 0.3) is 10.8 Å². The second-order valence-electron chi connectivity index (χ2n) is 5.68. The van der Waals surface area contributed by atoms with Gasteiger partial charge >= 0.3 is 5.69 Å². The fraction of sp³-hybridized carbons (Fsp3) is 0.0526. The highest BCUT2D eigenvalue weighted by Gasteiger charge is 2.13. The third-order valence-electron chi connectivity index (χ3n) is 3.79. The first kappa shape index (κ1) is 19.1. The van der Waals surface area contributed by atoms with Crippen LogP contribution >= 0.6 is 11.6 Å². The van der Waals surface area contributed by atoms with Gasteiger partial charge in [-0.3, -0.25) is 14.9 Å². The molecule has 0 aliphatic carbocycles. The molecule has 0 aliphatic heterocycles. The normalized spacial score (nSPS) is 10.9. The molecule has 0 bridgehead atoms. The van der Waals surface area contributed by atoms with Crippen molar-refractivity contribution >= 4 is 40.2 Å². The van der Waals surface area contributed by atoms with E-state index in [1.807, 2.05) is 24.3 Å². The molecule has 8 nitrogen and oxygen atoms in total. The number of rotatable bonds is 6. The zero-order valence-electron chi connectivity index (χ0n) is 14.3. The first-order valence-electron chi connectivity index (χ1n) is 8.05. The Kier molecular flexibility index (Phi) is 5.71. The number of nitrogens with zero attached hydrogens (tertiary/aromatic N) is 2. The van der Waals surface area contributed by atoms with Crippen molar-refractivity contribution in [3.05, 3.63) is 75.3 Å². The highest BCUT2D eigenvalue weighted by molar-refractivity contribution is 6.35. The van der Waals surface area contributed by atoms with E-state index in [0.717, 1.165) is 16.8 Å². The molecule has 0 aliphatic rings. The van der Waals surface area contributed by atoms with Crippen LogP contribution in [0, 0.1) is 10.1 Å². The molecule has 0 radical (unpaired) electrons. The lowest BCUT2D eigenvalue weighted by Crippen LogP contribution is -2.24. The zero-order chi connectivity index (χ0) is 20.1. The van der Waals surface area contributed by atoms with E-state index in [-0.39, 0.29) is 6.61 Å². The number of fused-ring (bicyclic) bond motifs is 1. The molecule has 0 unspecified atom stereocenters. The standard InChI is InChI=1S/C19H14ClN3O5/c20-15-6-8-18(14-4-2-1-3-13(14)15)28-11-19(25)22-21-10-12-5-7-17(24)16(9-12)23(26)27/h1-10,24H,11H2,(H,22,25). The molecular formula is C19H14ClN3O5. The van der Waals surface area contributed by atoms with E-state index in [0.29, 0.717) is 16.3 Å². The largest absolute Gasteiger partial charge is 0.502 e. The molecule has 0 heterocycles. The van der Waals surface area contributed by atoms with Crippen LogP contribution in [0.3, 0.4) is 0 Å². The van der Waals surface area contributed by atoms with E-state index in [9.17, 15) is 20.0 Å². The molecule has 1 amide bonds. The fourth-order valence-electron chi connectivity index (χ4n) is 2.48. The Hall–Kier alpha value is -3.65. The molecular weight excluding hydrogens is 386 g/mol. The third-order valence-corrected chi connectivity index (χ3v) is 4.12. The van der Waals surface area contributed by atoms with Crippen LogP contribution in [0.5, 0.6) is 11.5 Å². The number of benzene rings is 3. The van der Waals surface area contributed by atoms with Crippen molar-refractivity contribution in [2.45, 2.75) is 0 Å². The number of phenols is 1. The van der Waals surface area contributed by atoms with Gasteiger partial charge in [0.15, 0.2) is 12.4 Å². The lowest BCUT2D eigenvalue weighted by Gasteiger charge is -2.09. The van der Waals surface area contributed by atoms with Gasteiger partial charge in [0.25, 0.3) is 5.91 Å². The second kappa shape index (κ2) is 8.36. The van der Waals surface area contributed by atoms with Gasteiger partial charge in [-0.15, -0.1) is 0 Å². The summed E-state index contributed by atoms with van der Waals surface area (Å²) in [4.78, 5) is 22.0. The van der Waals surface area contributed by atoms with Crippen molar-refractivity contribution in [2.24, 2.45) is 5.10 Å². The maximum absolute atomic E-state index is 11.9. The molecule has 0 spiro atoms. The predicted molar refractivity (Wildman–Crippen MR) is 105 cm³/mol. The van der Waals surface area contributed by atoms with Crippen LogP contribution in [-0.2, 0) is 4.79 Å². The Morgan fingerprint density at radius 2 is 1.96 bits per heavy atom. The monoisotopic (exact) mass is 399 g/mol. The van der Waals surface area contributed by atoms with Gasteiger partial charge in [0, 0.05) is 27.4 Å². The van der Waals surface area contributed by atoms with Gasteiger partial charge < -0.3 is 9.84 Å². The third kappa shape index (κ3) is 4.36. The summed E-state index contributed by atoms with van der Waals surface area (Å²) in [5, 5.41) is 26.1. The number of carbonyl (C=O) groups is 1. The van der Waals surface area contributed by atoms with E-state index >= 15 is 0 Å². The maximum Gasteiger partial charge on any atom is 0.311 e. The minimum absolute atomic E-state index is 0.279. The van der Waals surface area contributed by atoms with Crippen LogP contribution < -0.4 is 10.2 Å². The SMILES string of the molecule is O=C(COc1ccc(Cl)c2ccccc12)NN=Cc1ccc(O)c([N+](=O)[O-])c1. The number of hydrogen-bond donors (Lipinski definition) is 2. The van der Waals surface area contributed by atoms with Crippen LogP contribution in [-0.4, -0.2) is 28.8 Å². The number of amides is 1. The van der Waals surface area contributed by atoms with Gasteiger partial charge in [-0.2, -0.15) is 5.10 Å². The van der Waals surface area contributed by atoms with E-state index in [1.54, 1.807) is 12.1 Å². The number of nitro benzene ring substituents is 1. The highest BCUT2D eigenvalue weighted by atomic mass is 35.5. The van der Waals surface area contributed by atoms with Crippen molar-refractivity contribution in [2.75, 3.05) is 6.61 Å². The molecule has 3 aromatic rings. The molecule has 0 atom stereocenters. The summed E-state index contributed by atoms with van der Waals surface area (Å²) < 4.78 is 5.54. The second-order valence-corrected chi connectivity index (χ2v) is 6.09. The first-order chi connectivity index (χ1) is 13.5. The van der Waals surface area contributed by atoms with Crippen molar-refractivity contribution < 1.29 is 19.6 Å². The number of hydrogen-bond acceptors (Lipinski definition) is 6. The van der Waals surface area contributed by atoms with Crippen LogP contribution in [0.15, 0.2) is 59.7 Å². The quantitative estimate of drug-likeness (QED) is 0.373. The van der Waals surface area contributed by atoms with E-state index in [4.69, 9.17) is 16.3 Å². The van der Waals surface area contributed by atoms with Crippen molar-refractivity contribution in [3.63, 3.8) is 0 Å². The van der Waals surface area contributed by atoms with Gasteiger partial charge in [0.2, 0.25) is 0 Å². The van der Waals surface area contributed by atoms with Crippen molar-refractivity contribution in [1.82, 2.24) is 5.43 Å². The van der Waals surface area contributed by atoms with Crippen LogP contribution in [0.2, 0.25) is 5.02 Å². The molecule has 2 N–H and O–H groups in total. The zero-order valence-corrected chi connectivity index (χ0v) is 15.1. The number of aromatic hydroxyl groups is 1. The average Bonchev–Trinajstić information content (AvgIpc) is 2.69. The minimum Gasteiger partial charge on any atom is -0.502 e. The fourth-order valence-corrected chi connectivity index (χ4v) is 2.71. The summed E-state index contributed by atoms with van der Waals surface area (Å²) in [5.74, 6) is -0.452. The molecule has 0 saturated heterocycles. The Balaban J connectivity index is 1.61. The Morgan fingerprint density at radius 3 is 2.71 bits per heavy atom. The molecule has 0 fully saturated rings. The number of ether oxygens (including phenoxy) is 1. The first-order valence-corrected chi connectivity index (χ1v) is 8.43. The molecule has 3 rings (SSSR count). The Morgan fingerprint density at radius 1 is 1.21 bits per heavy atom. The number of hydrazone groups is 1. The number of carbonyl (C=O) groups excluding carboxylic acids is 1. The molecule has 0 aromatic heterocycles. The van der Waals surface area contributed by atoms with Crippen LogP contribution in [0.1, 0.15) is 5.56 Å². The molecule has 9 heteroatoms. The van der Waals surface area contributed by atoms with Crippen molar-refractivity contribution in [3.8, 4) is 11.5 Å². The van der Waals surface area contributed by atoms with Crippen molar-refractivity contribution in [1.29, 1.82) is 0 Å². The molecule has 28 heavy (non-hydrogen) atoms. The van der Waals surface area contributed by atoms with E-state index in [2.05, 4.69) is 10.5 Å². The smallest absolute Gasteiger partial charge is 0.311 e.